The van der Waals surface area contributed by atoms with E-state index in [1.807, 2.05) is 24.3 Å². The van der Waals surface area contributed by atoms with Crippen molar-refractivity contribution in [1.29, 1.82) is 0 Å². The molecule has 176 valence electrons. The van der Waals surface area contributed by atoms with Crippen LogP contribution in [-0.4, -0.2) is 56.8 Å². The fourth-order valence-electron chi connectivity index (χ4n) is 3.57. The van der Waals surface area contributed by atoms with Crippen LogP contribution in [0.25, 0.3) is 0 Å². The summed E-state index contributed by atoms with van der Waals surface area (Å²) in [5.74, 6) is -1.32. The fourth-order valence-corrected chi connectivity index (χ4v) is 3.57. The van der Waals surface area contributed by atoms with Crippen molar-refractivity contribution >= 4 is 34.6 Å². The number of carbonyl (C=O) groups is 2. The Labute approximate surface area is 192 Å². The minimum absolute atomic E-state index is 0.0160. The number of nitrogens with one attached hydrogen (secondary N) is 2. The Hall–Kier alpha value is -3.66. The third kappa shape index (κ3) is 6.91. The first kappa shape index (κ1) is 24.0. The second kappa shape index (κ2) is 11.8. The van der Waals surface area contributed by atoms with Gasteiger partial charge in [-0.2, -0.15) is 0 Å². The number of anilines is 3. The van der Waals surface area contributed by atoms with Gasteiger partial charge in [0.2, 0.25) is 0 Å². The van der Waals surface area contributed by atoms with Crippen molar-refractivity contribution in [2.75, 3.05) is 55.5 Å². The van der Waals surface area contributed by atoms with Crippen molar-refractivity contribution in [2.24, 2.45) is 0 Å². The maximum Gasteiger partial charge on any atom is 0.338 e. The van der Waals surface area contributed by atoms with E-state index in [2.05, 4.69) is 15.5 Å². The third-order valence-electron chi connectivity index (χ3n) is 5.26. The zero-order valence-electron chi connectivity index (χ0n) is 18.5. The first-order valence-electron chi connectivity index (χ1n) is 10.8. The molecule has 1 aliphatic heterocycles. The van der Waals surface area contributed by atoms with Crippen LogP contribution >= 0.6 is 0 Å². The smallest absolute Gasteiger partial charge is 0.338 e. The molecule has 2 aromatic rings. The van der Waals surface area contributed by atoms with Crippen LogP contribution in [-0.2, 0) is 14.3 Å². The summed E-state index contributed by atoms with van der Waals surface area (Å²) in [6.45, 7) is 2.31. The number of carbonyl (C=O) groups excluding carboxylic acids is 2. The number of hydrogen-bond donors (Lipinski definition) is 2. The van der Waals surface area contributed by atoms with Crippen molar-refractivity contribution in [3.05, 3.63) is 58.1 Å². The summed E-state index contributed by atoms with van der Waals surface area (Å²) in [4.78, 5) is 37.5. The van der Waals surface area contributed by atoms with Crippen molar-refractivity contribution in [2.45, 2.75) is 19.3 Å². The molecule has 10 nitrogen and oxygen atoms in total. The molecule has 1 amide bonds. The Kier molecular flexibility index (Phi) is 8.59. The number of piperidine rings is 1. The van der Waals surface area contributed by atoms with Crippen molar-refractivity contribution in [3.63, 3.8) is 0 Å². The standard InChI is InChI=1S/C23H28N4O6/c1-32-14-11-24-20-10-5-17(15-21(20)27(30)31)23(29)33-16-22(28)25-18-6-8-19(9-7-18)26-12-3-2-4-13-26/h5-10,15,24H,2-4,11-14,16H2,1H3,(H,25,28). The van der Waals surface area contributed by atoms with Gasteiger partial charge in [0, 0.05) is 44.2 Å². The molecule has 0 radical (unpaired) electrons. The van der Waals surface area contributed by atoms with Gasteiger partial charge in [0.25, 0.3) is 11.6 Å². The normalized spacial score (nSPS) is 13.3. The SMILES string of the molecule is COCCNc1ccc(C(=O)OCC(=O)Nc2ccc(N3CCCCC3)cc2)cc1[N+](=O)[O-]. The number of methoxy groups -OCH3 is 1. The molecule has 33 heavy (non-hydrogen) atoms. The highest BCUT2D eigenvalue weighted by Gasteiger charge is 2.19. The molecule has 3 rings (SSSR count). The Morgan fingerprint density at radius 1 is 1.09 bits per heavy atom. The average molecular weight is 456 g/mol. The predicted molar refractivity (Wildman–Crippen MR) is 125 cm³/mol. The first-order valence-corrected chi connectivity index (χ1v) is 10.8. The number of esters is 1. The Bertz CT molecular complexity index is 973. The van der Waals surface area contributed by atoms with Gasteiger partial charge in [0.05, 0.1) is 17.1 Å². The van der Waals surface area contributed by atoms with Crippen molar-refractivity contribution < 1.29 is 24.0 Å². The predicted octanol–water partition coefficient (Wildman–Crippen LogP) is 3.44. The minimum Gasteiger partial charge on any atom is -0.452 e. The highest BCUT2D eigenvalue weighted by atomic mass is 16.6. The molecule has 1 aliphatic rings. The largest absolute Gasteiger partial charge is 0.452 e. The molecule has 0 bridgehead atoms. The number of amides is 1. The molecule has 0 atom stereocenters. The number of nitro groups is 1. The van der Waals surface area contributed by atoms with Gasteiger partial charge in [0.1, 0.15) is 5.69 Å². The highest BCUT2D eigenvalue weighted by Crippen LogP contribution is 2.26. The summed E-state index contributed by atoms with van der Waals surface area (Å²) in [6.07, 6.45) is 3.62. The zero-order valence-corrected chi connectivity index (χ0v) is 18.5. The summed E-state index contributed by atoms with van der Waals surface area (Å²) in [7, 11) is 1.52. The van der Waals surface area contributed by atoms with E-state index in [4.69, 9.17) is 9.47 Å². The summed E-state index contributed by atoms with van der Waals surface area (Å²) in [6, 6.07) is 11.5. The first-order chi connectivity index (χ1) is 16.0. The Balaban J connectivity index is 1.52. The summed E-state index contributed by atoms with van der Waals surface area (Å²) < 4.78 is 9.94. The molecular formula is C23H28N4O6. The van der Waals surface area contributed by atoms with Gasteiger partial charge in [-0.15, -0.1) is 0 Å². The molecule has 0 spiro atoms. The molecule has 1 saturated heterocycles. The summed E-state index contributed by atoms with van der Waals surface area (Å²) in [5.41, 5.74) is 1.69. The van der Waals surface area contributed by atoms with Gasteiger partial charge in [-0.25, -0.2) is 4.79 Å². The molecule has 0 unspecified atom stereocenters. The lowest BCUT2D eigenvalue weighted by Crippen LogP contribution is -2.29. The van der Waals surface area contributed by atoms with E-state index in [1.165, 1.54) is 38.5 Å². The monoisotopic (exact) mass is 456 g/mol. The van der Waals surface area contributed by atoms with Gasteiger partial charge in [-0.05, 0) is 55.7 Å². The number of ether oxygens (including phenoxy) is 2. The molecule has 10 heteroatoms. The second-order valence-corrected chi connectivity index (χ2v) is 7.63. The van der Waals surface area contributed by atoms with E-state index in [0.29, 0.717) is 18.8 Å². The number of benzene rings is 2. The Morgan fingerprint density at radius 3 is 2.48 bits per heavy atom. The van der Waals surface area contributed by atoms with Crippen LogP contribution in [0.2, 0.25) is 0 Å². The second-order valence-electron chi connectivity index (χ2n) is 7.63. The Morgan fingerprint density at radius 2 is 1.82 bits per heavy atom. The van der Waals surface area contributed by atoms with Crippen LogP contribution in [0.1, 0.15) is 29.6 Å². The molecule has 2 N–H and O–H groups in total. The molecule has 0 aromatic heterocycles. The van der Waals surface area contributed by atoms with Gasteiger partial charge >= 0.3 is 5.97 Å². The molecule has 0 saturated carbocycles. The van der Waals surface area contributed by atoms with Crippen molar-refractivity contribution in [3.8, 4) is 0 Å². The van der Waals surface area contributed by atoms with Crippen LogP contribution in [0.3, 0.4) is 0 Å². The molecule has 2 aromatic carbocycles. The lowest BCUT2D eigenvalue weighted by molar-refractivity contribution is -0.384. The highest BCUT2D eigenvalue weighted by molar-refractivity contribution is 5.96. The fraction of sp³-hybridized carbons (Fsp3) is 0.391. The lowest BCUT2D eigenvalue weighted by atomic mass is 10.1. The lowest BCUT2D eigenvalue weighted by Gasteiger charge is -2.28. The zero-order chi connectivity index (χ0) is 23.6. The maximum absolute atomic E-state index is 12.3. The average Bonchev–Trinajstić information content (AvgIpc) is 2.83. The van der Waals surface area contributed by atoms with Gasteiger partial charge in [0.15, 0.2) is 6.61 Å². The number of nitro benzene ring substituents is 1. The minimum atomic E-state index is -0.822. The van der Waals surface area contributed by atoms with E-state index in [1.54, 1.807) is 0 Å². The molecule has 0 aliphatic carbocycles. The van der Waals surface area contributed by atoms with Gasteiger partial charge < -0.3 is 25.0 Å². The van der Waals surface area contributed by atoms with E-state index in [-0.39, 0.29) is 16.9 Å². The van der Waals surface area contributed by atoms with Crippen LogP contribution in [0, 0.1) is 10.1 Å². The van der Waals surface area contributed by atoms with Crippen LogP contribution in [0.15, 0.2) is 42.5 Å². The summed E-state index contributed by atoms with van der Waals surface area (Å²) in [5, 5.41) is 16.9. The van der Waals surface area contributed by atoms with Crippen molar-refractivity contribution in [1.82, 2.24) is 0 Å². The van der Waals surface area contributed by atoms with Crippen LogP contribution in [0.4, 0.5) is 22.7 Å². The maximum atomic E-state index is 12.3. The summed E-state index contributed by atoms with van der Waals surface area (Å²) >= 11 is 0. The van der Waals surface area contributed by atoms with Crippen LogP contribution in [0.5, 0.6) is 0 Å². The van der Waals surface area contributed by atoms with E-state index in [0.717, 1.165) is 24.8 Å². The quantitative estimate of drug-likeness (QED) is 0.241. The topological polar surface area (TPSA) is 123 Å². The number of hydrogen-bond acceptors (Lipinski definition) is 8. The number of nitrogens with zero attached hydrogens (tertiary/aromatic N) is 2. The molecule has 1 heterocycles. The molecular weight excluding hydrogens is 428 g/mol. The van der Waals surface area contributed by atoms with Gasteiger partial charge in [-0.1, -0.05) is 0 Å². The number of rotatable bonds is 10. The molecule has 1 fully saturated rings. The third-order valence-corrected chi connectivity index (χ3v) is 5.26. The van der Waals surface area contributed by atoms with E-state index in [9.17, 15) is 19.7 Å². The van der Waals surface area contributed by atoms with Gasteiger partial charge in [-0.3, -0.25) is 14.9 Å². The van der Waals surface area contributed by atoms with E-state index >= 15 is 0 Å². The van der Waals surface area contributed by atoms with Crippen LogP contribution < -0.4 is 15.5 Å². The van der Waals surface area contributed by atoms with E-state index < -0.39 is 23.4 Å².